The number of sulfonamides is 1. The van der Waals surface area contributed by atoms with Gasteiger partial charge >= 0.3 is 0 Å². The van der Waals surface area contributed by atoms with Crippen LogP contribution < -0.4 is 10.0 Å². The Morgan fingerprint density at radius 2 is 1.97 bits per heavy atom. The van der Waals surface area contributed by atoms with Crippen molar-refractivity contribution >= 4 is 21.6 Å². The average Bonchev–Trinajstić information content (AvgIpc) is 3.45. The molecule has 0 bridgehead atoms. The number of nitrogens with zero attached hydrogens (tertiary/aromatic N) is 1. The summed E-state index contributed by atoms with van der Waals surface area (Å²) in [7, 11) is -3.65. The molecule has 2 fully saturated rings. The molecule has 2 aliphatic rings. The van der Waals surface area contributed by atoms with Crippen molar-refractivity contribution in [2.24, 2.45) is 0 Å². The van der Waals surface area contributed by atoms with E-state index in [1.54, 1.807) is 6.07 Å². The zero-order chi connectivity index (χ0) is 22.9. The van der Waals surface area contributed by atoms with Gasteiger partial charge in [0.25, 0.3) is 0 Å². The average molecular weight is 462 g/mol. The van der Waals surface area contributed by atoms with Gasteiger partial charge in [0, 0.05) is 19.6 Å². The van der Waals surface area contributed by atoms with Crippen molar-refractivity contribution in [3.8, 4) is 0 Å². The van der Waals surface area contributed by atoms with Crippen LogP contribution in [0.5, 0.6) is 0 Å². The number of aliphatic hydroxyl groups excluding tert-OH is 1. The van der Waals surface area contributed by atoms with Crippen LogP contribution in [0.25, 0.3) is 0 Å². The SMILES string of the molecule is CS(=O)(=O)Nc1cc(C2(C(=O)N[C@H](CN3CC[C@H](O)C3)c3ccccc3)CC2)ccc1F. The third-order valence-electron chi connectivity index (χ3n) is 6.19. The summed E-state index contributed by atoms with van der Waals surface area (Å²) >= 11 is 0. The van der Waals surface area contributed by atoms with Gasteiger partial charge in [-0.05, 0) is 42.5 Å². The molecular weight excluding hydrogens is 433 g/mol. The zero-order valence-corrected chi connectivity index (χ0v) is 18.7. The van der Waals surface area contributed by atoms with Gasteiger partial charge < -0.3 is 10.4 Å². The van der Waals surface area contributed by atoms with Gasteiger partial charge in [-0.3, -0.25) is 14.4 Å². The van der Waals surface area contributed by atoms with E-state index in [-0.39, 0.29) is 23.7 Å². The number of hydrogen-bond donors (Lipinski definition) is 3. The molecule has 0 unspecified atom stereocenters. The number of aliphatic hydroxyl groups is 1. The predicted octanol–water partition coefficient (Wildman–Crippen LogP) is 2.15. The Hall–Kier alpha value is -2.49. The van der Waals surface area contributed by atoms with Crippen LogP contribution in [-0.2, 0) is 20.2 Å². The maximum absolute atomic E-state index is 14.1. The lowest BCUT2D eigenvalue weighted by molar-refractivity contribution is -0.124. The molecule has 1 amide bonds. The van der Waals surface area contributed by atoms with E-state index in [0.29, 0.717) is 37.9 Å². The molecule has 32 heavy (non-hydrogen) atoms. The molecule has 1 aliphatic carbocycles. The number of amides is 1. The Balaban J connectivity index is 1.56. The van der Waals surface area contributed by atoms with E-state index in [0.717, 1.165) is 18.4 Å². The van der Waals surface area contributed by atoms with Crippen LogP contribution >= 0.6 is 0 Å². The molecule has 9 heteroatoms. The predicted molar refractivity (Wildman–Crippen MR) is 120 cm³/mol. The maximum Gasteiger partial charge on any atom is 0.231 e. The second kappa shape index (κ2) is 8.80. The summed E-state index contributed by atoms with van der Waals surface area (Å²) in [6.07, 6.45) is 2.53. The fraction of sp³-hybridized carbons (Fsp3) is 0.435. The van der Waals surface area contributed by atoms with E-state index < -0.39 is 21.3 Å². The van der Waals surface area contributed by atoms with Crippen LogP contribution in [0.15, 0.2) is 48.5 Å². The highest BCUT2D eigenvalue weighted by Gasteiger charge is 2.52. The maximum atomic E-state index is 14.1. The molecule has 1 saturated carbocycles. The van der Waals surface area contributed by atoms with Crippen molar-refractivity contribution in [3.05, 3.63) is 65.5 Å². The standard InChI is InChI=1S/C23H28FN3O4S/c1-32(30,31)26-20-13-17(7-8-19(20)24)23(10-11-23)22(29)25-21(16-5-3-2-4-6-16)15-27-12-9-18(28)14-27/h2-8,13,18,21,26,28H,9-12,14-15H2,1H3,(H,25,29)/t18-,21+/m0/s1. The number of anilines is 1. The van der Waals surface area contributed by atoms with E-state index in [1.165, 1.54) is 12.1 Å². The number of carbonyl (C=O) groups is 1. The van der Waals surface area contributed by atoms with Crippen molar-refractivity contribution < 1.29 is 22.7 Å². The van der Waals surface area contributed by atoms with E-state index in [4.69, 9.17) is 0 Å². The molecule has 2 aromatic rings. The van der Waals surface area contributed by atoms with Crippen LogP contribution in [0.3, 0.4) is 0 Å². The number of carbonyl (C=O) groups excluding carboxylic acids is 1. The van der Waals surface area contributed by atoms with Crippen molar-refractivity contribution in [2.45, 2.75) is 36.8 Å². The Labute approximate surface area is 187 Å². The Bertz CT molecular complexity index is 1090. The summed E-state index contributed by atoms with van der Waals surface area (Å²) in [5.74, 6) is -0.854. The molecule has 1 heterocycles. The zero-order valence-electron chi connectivity index (χ0n) is 17.9. The van der Waals surface area contributed by atoms with Gasteiger partial charge in [-0.2, -0.15) is 0 Å². The smallest absolute Gasteiger partial charge is 0.231 e. The largest absolute Gasteiger partial charge is 0.392 e. The number of likely N-dealkylation sites (tertiary alicyclic amines) is 1. The number of benzene rings is 2. The molecule has 4 rings (SSSR count). The Morgan fingerprint density at radius 1 is 1.25 bits per heavy atom. The number of halogens is 1. The molecular formula is C23H28FN3O4S. The fourth-order valence-electron chi connectivity index (χ4n) is 4.33. The summed E-state index contributed by atoms with van der Waals surface area (Å²) in [5, 5.41) is 13.0. The highest BCUT2D eigenvalue weighted by atomic mass is 32.2. The number of rotatable bonds is 8. The van der Waals surface area contributed by atoms with Crippen LogP contribution in [0.1, 0.15) is 36.4 Å². The monoisotopic (exact) mass is 461 g/mol. The Morgan fingerprint density at radius 3 is 2.56 bits per heavy atom. The highest BCUT2D eigenvalue weighted by molar-refractivity contribution is 7.92. The van der Waals surface area contributed by atoms with Gasteiger partial charge in [0.2, 0.25) is 15.9 Å². The van der Waals surface area contributed by atoms with E-state index in [9.17, 15) is 22.7 Å². The molecule has 3 N–H and O–H groups in total. The van der Waals surface area contributed by atoms with Crippen molar-refractivity contribution in [1.29, 1.82) is 0 Å². The normalized spacial score (nSPS) is 21.2. The summed E-state index contributed by atoms with van der Waals surface area (Å²) in [6, 6.07) is 13.6. The van der Waals surface area contributed by atoms with Gasteiger partial charge in [0.05, 0.1) is 29.5 Å². The van der Waals surface area contributed by atoms with Crippen molar-refractivity contribution in [1.82, 2.24) is 10.2 Å². The third-order valence-corrected chi connectivity index (χ3v) is 6.79. The van der Waals surface area contributed by atoms with Gasteiger partial charge in [-0.25, -0.2) is 12.8 Å². The molecule has 7 nitrogen and oxygen atoms in total. The number of nitrogens with one attached hydrogen (secondary N) is 2. The van der Waals surface area contributed by atoms with E-state index >= 15 is 0 Å². The molecule has 0 radical (unpaired) electrons. The van der Waals surface area contributed by atoms with Gasteiger partial charge in [-0.15, -0.1) is 0 Å². The minimum absolute atomic E-state index is 0.158. The highest BCUT2D eigenvalue weighted by Crippen LogP contribution is 2.49. The van der Waals surface area contributed by atoms with Crippen molar-refractivity contribution in [3.63, 3.8) is 0 Å². The second-order valence-electron chi connectivity index (χ2n) is 8.79. The first-order chi connectivity index (χ1) is 15.2. The molecule has 2 atom stereocenters. The lowest BCUT2D eigenvalue weighted by Crippen LogP contribution is -2.42. The van der Waals surface area contributed by atoms with E-state index in [2.05, 4.69) is 14.9 Å². The van der Waals surface area contributed by atoms with Gasteiger partial charge in [-0.1, -0.05) is 36.4 Å². The van der Waals surface area contributed by atoms with Gasteiger partial charge in [0.1, 0.15) is 5.82 Å². The lowest BCUT2D eigenvalue weighted by atomic mass is 9.93. The van der Waals surface area contributed by atoms with E-state index in [1.807, 2.05) is 30.3 Å². The Kier molecular flexibility index (Phi) is 6.24. The van der Waals surface area contributed by atoms with Crippen LogP contribution in [0.4, 0.5) is 10.1 Å². The van der Waals surface area contributed by atoms with Crippen molar-refractivity contribution in [2.75, 3.05) is 30.6 Å². The number of β-amino-alcohol motifs (C(OH)–C–C–N with tert-alkyl or cyclic N) is 1. The molecule has 2 aromatic carbocycles. The molecule has 0 aromatic heterocycles. The molecule has 1 saturated heterocycles. The molecule has 1 aliphatic heterocycles. The minimum atomic E-state index is -3.65. The first-order valence-corrected chi connectivity index (χ1v) is 12.6. The first kappa shape index (κ1) is 22.7. The quantitative estimate of drug-likeness (QED) is 0.560. The summed E-state index contributed by atoms with van der Waals surface area (Å²) in [4.78, 5) is 15.6. The van der Waals surface area contributed by atoms with Crippen LogP contribution in [0.2, 0.25) is 0 Å². The minimum Gasteiger partial charge on any atom is -0.392 e. The summed E-state index contributed by atoms with van der Waals surface area (Å²) < 4.78 is 39.5. The topological polar surface area (TPSA) is 98.7 Å². The second-order valence-corrected chi connectivity index (χ2v) is 10.5. The molecule has 172 valence electrons. The third kappa shape index (κ3) is 5.11. The lowest BCUT2D eigenvalue weighted by Gasteiger charge is -2.27. The number of hydrogen-bond acceptors (Lipinski definition) is 5. The summed E-state index contributed by atoms with van der Waals surface area (Å²) in [5.41, 5.74) is 0.594. The summed E-state index contributed by atoms with van der Waals surface area (Å²) in [6.45, 7) is 1.92. The van der Waals surface area contributed by atoms with Crippen LogP contribution in [-0.4, -0.2) is 56.3 Å². The van der Waals surface area contributed by atoms with Gasteiger partial charge in [0.15, 0.2) is 0 Å². The molecule has 0 spiro atoms. The first-order valence-electron chi connectivity index (χ1n) is 10.7. The fourth-order valence-corrected chi connectivity index (χ4v) is 4.88. The van der Waals surface area contributed by atoms with Crippen LogP contribution in [0, 0.1) is 5.82 Å².